The molecule has 0 aliphatic heterocycles. The van der Waals surface area contributed by atoms with E-state index in [-0.39, 0.29) is 0 Å². The van der Waals surface area contributed by atoms with E-state index in [4.69, 9.17) is 9.26 Å². The quantitative estimate of drug-likeness (QED) is 0.656. The molecule has 1 aromatic rings. The van der Waals surface area contributed by atoms with E-state index < -0.39 is 0 Å². The number of ether oxygens (including phenoxy) is 1. The lowest BCUT2D eigenvalue weighted by molar-refractivity contribution is 0.200. The van der Waals surface area contributed by atoms with Crippen molar-refractivity contribution in [3.05, 3.63) is 11.7 Å². The molecule has 1 rings (SSSR count). The van der Waals surface area contributed by atoms with Crippen molar-refractivity contribution in [1.82, 2.24) is 10.1 Å². The standard InChI is InChI=1S/C8H14N2O2S/c1-7-9-8(10-12-7)6-13-5-3-4-11-2/h3-6H2,1-2H3. The predicted molar refractivity (Wildman–Crippen MR) is 51.7 cm³/mol. The zero-order valence-electron chi connectivity index (χ0n) is 7.95. The van der Waals surface area contributed by atoms with Gasteiger partial charge < -0.3 is 9.26 Å². The molecule has 0 atom stereocenters. The van der Waals surface area contributed by atoms with Crippen molar-refractivity contribution in [2.45, 2.75) is 19.1 Å². The highest BCUT2D eigenvalue weighted by Gasteiger charge is 2.00. The molecule has 0 aliphatic carbocycles. The lowest BCUT2D eigenvalue weighted by atomic mass is 10.5. The second-order valence-electron chi connectivity index (χ2n) is 2.63. The first kappa shape index (κ1) is 10.5. The molecule has 0 saturated carbocycles. The molecule has 0 spiro atoms. The molecular weight excluding hydrogens is 188 g/mol. The molecule has 0 radical (unpaired) electrons. The van der Waals surface area contributed by atoms with Crippen molar-refractivity contribution < 1.29 is 9.26 Å². The van der Waals surface area contributed by atoms with Crippen LogP contribution in [0.4, 0.5) is 0 Å². The summed E-state index contributed by atoms with van der Waals surface area (Å²) in [7, 11) is 1.72. The van der Waals surface area contributed by atoms with Gasteiger partial charge in [-0.2, -0.15) is 16.7 Å². The number of hydrogen-bond donors (Lipinski definition) is 0. The molecule has 5 heteroatoms. The van der Waals surface area contributed by atoms with Gasteiger partial charge in [0, 0.05) is 20.6 Å². The maximum Gasteiger partial charge on any atom is 0.223 e. The number of aromatic nitrogens is 2. The molecular formula is C8H14N2O2S. The maximum atomic E-state index is 4.94. The minimum Gasteiger partial charge on any atom is -0.385 e. The summed E-state index contributed by atoms with van der Waals surface area (Å²) < 4.78 is 9.78. The first-order valence-electron chi connectivity index (χ1n) is 4.19. The van der Waals surface area contributed by atoms with Gasteiger partial charge in [-0.3, -0.25) is 0 Å². The smallest absolute Gasteiger partial charge is 0.223 e. The predicted octanol–water partition coefficient (Wildman–Crippen LogP) is 1.65. The Morgan fingerprint density at radius 2 is 2.38 bits per heavy atom. The van der Waals surface area contributed by atoms with Gasteiger partial charge in [-0.25, -0.2) is 0 Å². The van der Waals surface area contributed by atoms with E-state index in [1.165, 1.54) is 0 Å². The molecule has 0 aromatic carbocycles. The van der Waals surface area contributed by atoms with Crippen LogP contribution in [0.2, 0.25) is 0 Å². The van der Waals surface area contributed by atoms with Gasteiger partial charge in [0.05, 0.1) is 5.75 Å². The van der Waals surface area contributed by atoms with Crippen LogP contribution >= 0.6 is 11.8 Å². The molecule has 0 fully saturated rings. The van der Waals surface area contributed by atoms with Crippen LogP contribution < -0.4 is 0 Å². The fourth-order valence-electron chi connectivity index (χ4n) is 0.869. The van der Waals surface area contributed by atoms with Crippen LogP contribution in [0.1, 0.15) is 18.1 Å². The third-order valence-electron chi connectivity index (χ3n) is 1.44. The summed E-state index contributed by atoms with van der Waals surface area (Å²) in [6.45, 7) is 2.62. The summed E-state index contributed by atoms with van der Waals surface area (Å²) in [4.78, 5) is 4.10. The number of methoxy groups -OCH3 is 1. The number of rotatable bonds is 6. The van der Waals surface area contributed by atoms with E-state index in [2.05, 4.69) is 10.1 Å². The SMILES string of the molecule is COCCCSCc1noc(C)n1. The Kier molecular flexibility index (Phi) is 4.85. The first-order valence-corrected chi connectivity index (χ1v) is 5.34. The van der Waals surface area contributed by atoms with Crippen molar-refractivity contribution in [2.75, 3.05) is 19.5 Å². The van der Waals surface area contributed by atoms with Gasteiger partial charge in [0.2, 0.25) is 5.89 Å². The Labute approximate surface area is 82.0 Å². The maximum absolute atomic E-state index is 4.94. The largest absolute Gasteiger partial charge is 0.385 e. The van der Waals surface area contributed by atoms with Crippen molar-refractivity contribution in [2.24, 2.45) is 0 Å². The molecule has 0 aliphatic rings. The van der Waals surface area contributed by atoms with Crippen LogP contribution in [0, 0.1) is 6.92 Å². The third-order valence-corrected chi connectivity index (χ3v) is 2.48. The Morgan fingerprint density at radius 3 is 3.00 bits per heavy atom. The second kappa shape index (κ2) is 5.99. The Balaban J connectivity index is 2.06. The van der Waals surface area contributed by atoms with Crippen LogP contribution in [0.5, 0.6) is 0 Å². The molecule has 1 aromatic heterocycles. The van der Waals surface area contributed by atoms with Crippen LogP contribution in [0.25, 0.3) is 0 Å². The van der Waals surface area contributed by atoms with E-state index >= 15 is 0 Å². The molecule has 0 unspecified atom stereocenters. The summed E-state index contributed by atoms with van der Waals surface area (Å²) in [5.41, 5.74) is 0. The number of aryl methyl sites for hydroxylation is 1. The number of thioether (sulfide) groups is 1. The molecule has 74 valence electrons. The number of nitrogens with zero attached hydrogens (tertiary/aromatic N) is 2. The van der Waals surface area contributed by atoms with Gasteiger partial charge in [-0.05, 0) is 12.2 Å². The van der Waals surface area contributed by atoms with Gasteiger partial charge in [0.25, 0.3) is 0 Å². The van der Waals surface area contributed by atoms with Crippen LogP contribution in [-0.2, 0) is 10.5 Å². The van der Waals surface area contributed by atoms with E-state index in [0.717, 1.165) is 30.4 Å². The fraction of sp³-hybridized carbons (Fsp3) is 0.750. The zero-order chi connectivity index (χ0) is 9.52. The second-order valence-corrected chi connectivity index (χ2v) is 3.73. The average Bonchev–Trinajstić information content (AvgIpc) is 2.51. The van der Waals surface area contributed by atoms with Crippen molar-refractivity contribution in [3.63, 3.8) is 0 Å². The van der Waals surface area contributed by atoms with Crippen LogP contribution in [-0.4, -0.2) is 29.6 Å². The van der Waals surface area contributed by atoms with Crippen molar-refractivity contribution in [1.29, 1.82) is 0 Å². The van der Waals surface area contributed by atoms with Gasteiger partial charge in [-0.15, -0.1) is 0 Å². The Morgan fingerprint density at radius 1 is 1.54 bits per heavy atom. The first-order chi connectivity index (χ1) is 6.33. The molecule has 0 amide bonds. The molecule has 4 nitrogen and oxygen atoms in total. The van der Waals surface area contributed by atoms with Gasteiger partial charge in [0.1, 0.15) is 0 Å². The summed E-state index contributed by atoms with van der Waals surface area (Å²) in [5, 5.41) is 3.80. The normalized spacial score (nSPS) is 10.6. The molecule has 1 heterocycles. The van der Waals surface area contributed by atoms with Crippen molar-refractivity contribution in [3.8, 4) is 0 Å². The summed E-state index contributed by atoms with van der Waals surface area (Å²) in [5.74, 6) is 3.30. The Hall–Kier alpha value is -0.550. The zero-order valence-corrected chi connectivity index (χ0v) is 8.76. The average molecular weight is 202 g/mol. The monoisotopic (exact) mass is 202 g/mol. The Bertz CT molecular complexity index is 240. The van der Waals surface area contributed by atoms with Gasteiger partial charge >= 0.3 is 0 Å². The van der Waals surface area contributed by atoms with E-state index in [1.807, 2.05) is 0 Å². The van der Waals surface area contributed by atoms with E-state index in [9.17, 15) is 0 Å². The number of hydrogen-bond acceptors (Lipinski definition) is 5. The van der Waals surface area contributed by atoms with Gasteiger partial charge in [0.15, 0.2) is 5.82 Å². The summed E-state index contributed by atoms with van der Waals surface area (Å²) >= 11 is 1.79. The topological polar surface area (TPSA) is 48.2 Å². The highest BCUT2D eigenvalue weighted by atomic mass is 32.2. The fourth-order valence-corrected chi connectivity index (χ4v) is 1.63. The van der Waals surface area contributed by atoms with Crippen LogP contribution in [0.15, 0.2) is 4.52 Å². The lowest BCUT2D eigenvalue weighted by Gasteiger charge is -1.96. The summed E-state index contributed by atoms with van der Waals surface area (Å²) in [6.07, 6.45) is 1.07. The minimum atomic E-state index is 0.632. The lowest BCUT2D eigenvalue weighted by Crippen LogP contribution is -1.91. The van der Waals surface area contributed by atoms with E-state index in [0.29, 0.717) is 5.89 Å². The molecule has 0 saturated heterocycles. The molecule has 0 N–H and O–H groups in total. The summed E-state index contributed by atoms with van der Waals surface area (Å²) in [6, 6.07) is 0. The van der Waals surface area contributed by atoms with Crippen molar-refractivity contribution >= 4 is 11.8 Å². The van der Waals surface area contributed by atoms with E-state index in [1.54, 1.807) is 25.8 Å². The molecule has 0 bridgehead atoms. The highest BCUT2D eigenvalue weighted by molar-refractivity contribution is 7.98. The molecule has 13 heavy (non-hydrogen) atoms. The minimum absolute atomic E-state index is 0.632. The van der Waals surface area contributed by atoms with Crippen LogP contribution in [0.3, 0.4) is 0 Å². The third kappa shape index (κ3) is 4.28. The van der Waals surface area contributed by atoms with Gasteiger partial charge in [-0.1, -0.05) is 5.16 Å². The highest BCUT2D eigenvalue weighted by Crippen LogP contribution is 2.09.